The second-order valence-electron chi connectivity index (χ2n) is 4.71. The monoisotopic (exact) mass is 280 g/mol. The minimum absolute atomic E-state index is 0.211. The molecule has 2 heterocycles. The van der Waals surface area contributed by atoms with E-state index in [4.69, 9.17) is 4.52 Å². The van der Waals surface area contributed by atoms with Crippen LogP contribution in [0.4, 0.5) is 0 Å². The topological polar surface area (TPSA) is 76.2 Å². The van der Waals surface area contributed by atoms with Crippen LogP contribution in [0.25, 0.3) is 16.5 Å². The van der Waals surface area contributed by atoms with Gasteiger partial charge in [0.2, 0.25) is 0 Å². The average Bonchev–Trinajstić information content (AvgIpc) is 2.91. The van der Waals surface area contributed by atoms with Gasteiger partial charge in [-0.2, -0.15) is 0 Å². The van der Waals surface area contributed by atoms with Crippen molar-refractivity contribution in [2.24, 2.45) is 0 Å². The van der Waals surface area contributed by atoms with E-state index in [1.165, 1.54) is 12.3 Å². The summed E-state index contributed by atoms with van der Waals surface area (Å²) in [5.41, 5.74) is 3.02. The molecule has 0 fully saturated rings. The third-order valence-electron chi connectivity index (χ3n) is 3.25. The predicted molar refractivity (Wildman–Crippen MR) is 78.1 cm³/mol. The highest BCUT2D eigenvalue weighted by molar-refractivity contribution is 6.03. The quantitative estimate of drug-likeness (QED) is 0.796. The van der Waals surface area contributed by atoms with Crippen molar-refractivity contribution in [3.05, 3.63) is 65.7 Å². The van der Waals surface area contributed by atoms with Gasteiger partial charge in [-0.25, -0.2) is 4.79 Å². The number of hydrogen-bond donors (Lipinski definition) is 1. The van der Waals surface area contributed by atoms with Crippen LogP contribution < -0.4 is 0 Å². The molecule has 1 aromatic carbocycles. The van der Waals surface area contributed by atoms with Crippen molar-refractivity contribution in [3.8, 4) is 0 Å². The molecule has 5 nitrogen and oxygen atoms in total. The summed E-state index contributed by atoms with van der Waals surface area (Å²) in [4.78, 5) is 15.5. The lowest BCUT2D eigenvalue weighted by molar-refractivity contribution is 0.0699. The zero-order chi connectivity index (χ0) is 15.0. The maximum absolute atomic E-state index is 11.3. The number of fused-ring (bicyclic) bond motifs is 1. The molecule has 5 heteroatoms. The van der Waals surface area contributed by atoms with Crippen LogP contribution >= 0.6 is 0 Å². The second-order valence-corrected chi connectivity index (χ2v) is 4.71. The Morgan fingerprint density at radius 1 is 1.29 bits per heavy atom. The lowest BCUT2D eigenvalue weighted by Crippen LogP contribution is -1.98. The Labute approximate surface area is 120 Å². The largest absolute Gasteiger partial charge is 0.478 e. The van der Waals surface area contributed by atoms with Gasteiger partial charge in [-0.05, 0) is 30.7 Å². The van der Waals surface area contributed by atoms with Crippen LogP contribution in [-0.4, -0.2) is 21.2 Å². The highest BCUT2D eigenvalue weighted by atomic mass is 16.5. The Hall–Kier alpha value is -2.95. The van der Waals surface area contributed by atoms with Gasteiger partial charge in [-0.15, -0.1) is 0 Å². The van der Waals surface area contributed by atoms with E-state index in [0.29, 0.717) is 22.2 Å². The molecule has 0 unspecified atom stereocenters. The highest BCUT2D eigenvalue weighted by Crippen LogP contribution is 2.26. The Morgan fingerprint density at radius 3 is 2.76 bits per heavy atom. The fourth-order valence-electron chi connectivity index (χ4n) is 2.17. The van der Waals surface area contributed by atoms with Gasteiger partial charge in [-0.3, -0.25) is 4.98 Å². The number of aryl methyl sites for hydroxylation is 1. The molecule has 21 heavy (non-hydrogen) atoms. The van der Waals surface area contributed by atoms with Crippen molar-refractivity contribution >= 4 is 22.4 Å². The number of pyridine rings is 1. The summed E-state index contributed by atoms with van der Waals surface area (Å²) in [6.45, 7) is 5.81. The molecule has 0 aliphatic carbocycles. The van der Waals surface area contributed by atoms with E-state index < -0.39 is 5.97 Å². The van der Waals surface area contributed by atoms with Crippen molar-refractivity contribution in [1.29, 1.82) is 0 Å². The van der Waals surface area contributed by atoms with Crippen molar-refractivity contribution in [2.45, 2.75) is 6.92 Å². The molecule has 0 atom stereocenters. The molecule has 0 spiro atoms. The van der Waals surface area contributed by atoms with E-state index in [1.807, 2.05) is 13.0 Å². The number of carboxylic acids is 1. The zero-order valence-electron chi connectivity index (χ0n) is 11.3. The number of aromatic carboxylic acids is 1. The van der Waals surface area contributed by atoms with E-state index in [-0.39, 0.29) is 5.56 Å². The molecule has 1 N–H and O–H groups in total. The van der Waals surface area contributed by atoms with Crippen molar-refractivity contribution in [2.75, 3.05) is 0 Å². The Morgan fingerprint density at radius 2 is 2.10 bits per heavy atom. The van der Waals surface area contributed by atoms with E-state index >= 15 is 0 Å². The first-order chi connectivity index (χ1) is 10.1. The average molecular weight is 280 g/mol. The van der Waals surface area contributed by atoms with Crippen LogP contribution in [0.2, 0.25) is 0 Å². The molecule has 0 amide bonds. The molecule has 104 valence electrons. The van der Waals surface area contributed by atoms with Crippen LogP contribution in [0, 0.1) is 6.92 Å². The molecular formula is C16H12N2O3. The molecule has 0 bridgehead atoms. The Kier molecular flexibility index (Phi) is 3.02. The van der Waals surface area contributed by atoms with E-state index in [0.717, 1.165) is 11.3 Å². The minimum atomic E-state index is -0.985. The standard InChI is InChI=1S/C16H12N2O3/c1-9-7-15(21-18-9)10(2)11-3-4-14-13(8-11)12(16(19)20)5-6-17-14/h3-8H,2H2,1H3,(H,19,20). The summed E-state index contributed by atoms with van der Waals surface area (Å²) < 4.78 is 5.19. The van der Waals surface area contributed by atoms with Gasteiger partial charge in [-0.1, -0.05) is 17.8 Å². The fraction of sp³-hybridized carbons (Fsp3) is 0.0625. The lowest BCUT2D eigenvalue weighted by Gasteiger charge is -2.06. The van der Waals surface area contributed by atoms with Gasteiger partial charge < -0.3 is 9.63 Å². The first-order valence-electron chi connectivity index (χ1n) is 6.31. The van der Waals surface area contributed by atoms with Crippen LogP contribution in [0.5, 0.6) is 0 Å². The van der Waals surface area contributed by atoms with E-state index in [9.17, 15) is 9.90 Å². The molecule has 0 radical (unpaired) electrons. The SMILES string of the molecule is C=C(c1ccc2nccc(C(=O)O)c2c1)c1cc(C)no1. The van der Waals surface area contributed by atoms with Gasteiger partial charge in [0.1, 0.15) is 0 Å². The molecule has 0 saturated heterocycles. The number of carboxylic acid groups (broad SMARTS) is 1. The first kappa shape index (κ1) is 13.1. The summed E-state index contributed by atoms with van der Waals surface area (Å²) in [5, 5.41) is 13.7. The summed E-state index contributed by atoms with van der Waals surface area (Å²) in [6.07, 6.45) is 1.49. The van der Waals surface area contributed by atoms with Gasteiger partial charge in [0.05, 0.1) is 16.8 Å². The minimum Gasteiger partial charge on any atom is -0.478 e. The van der Waals surface area contributed by atoms with Crippen LogP contribution in [0.15, 0.2) is 47.6 Å². The highest BCUT2D eigenvalue weighted by Gasteiger charge is 2.12. The third kappa shape index (κ3) is 2.29. The Balaban J connectivity index is 2.14. The number of rotatable bonds is 3. The molecule has 3 aromatic rings. The first-order valence-corrected chi connectivity index (χ1v) is 6.31. The molecule has 2 aromatic heterocycles. The predicted octanol–water partition coefficient (Wildman–Crippen LogP) is 3.29. The number of nitrogens with zero attached hydrogens (tertiary/aromatic N) is 2. The van der Waals surface area contributed by atoms with Crippen molar-refractivity contribution in [1.82, 2.24) is 10.1 Å². The normalized spacial score (nSPS) is 10.7. The number of aromatic nitrogens is 2. The molecule has 0 aliphatic rings. The molecular weight excluding hydrogens is 268 g/mol. The van der Waals surface area contributed by atoms with E-state index in [2.05, 4.69) is 16.7 Å². The second kappa shape index (κ2) is 4.86. The third-order valence-corrected chi connectivity index (χ3v) is 3.25. The number of hydrogen-bond acceptors (Lipinski definition) is 4. The summed E-state index contributed by atoms with van der Waals surface area (Å²) in [5.74, 6) is -0.423. The van der Waals surface area contributed by atoms with Gasteiger partial charge in [0.15, 0.2) is 5.76 Å². The van der Waals surface area contributed by atoms with Gasteiger partial charge >= 0.3 is 5.97 Å². The summed E-state index contributed by atoms with van der Waals surface area (Å²) >= 11 is 0. The van der Waals surface area contributed by atoms with E-state index in [1.54, 1.807) is 18.2 Å². The lowest BCUT2D eigenvalue weighted by atomic mass is 10.0. The summed E-state index contributed by atoms with van der Waals surface area (Å²) in [6, 6.07) is 8.63. The molecule has 3 rings (SSSR count). The fourth-order valence-corrected chi connectivity index (χ4v) is 2.17. The smallest absolute Gasteiger partial charge is 0.336 e. The summed E-state index contributed by atoms with van der Waals surface area (Å²) in [7, 11) is 0. The molecule has 0 saturated carbocycles. The maximum Gasteiger partial charge on any atom is 0.336 e. The zero-order valence-corrected chi connectivity index (χ0v) is 11.3. The van der Waals surface area contributed by atoms with Crippen molar-refractivity contribution < 1.29 is 14.4 Å². The van der Waals surface area contributed by atoms with Crippen LogP contribution in [-0.2, 0) is 0 Å². The van der Waals surface area contributed by atoms with Gasteiger partial charge in [0, 0.05) is 23.2 Å². The van der Waals surface area contributed by atoms with Crippen LogP contribution in [0.3, 0.4) is 0 Å². The maximum atomic E-state index is 11.3. The Bertz CT molecular complexity index is 865. The van der Waals surface area contributed by atoms with Gasteiger partial charge in [0.25, 0.3) is 0 Å². The van der Waals surface area contributed by atoms with Crippen LogP contribution in [0.1, 0.15) is 27.4 Å². The number of carbonyl (C=O) groups is 1. The molecule has 0 aliphatic heterocycles. The number of benzene rings is 1. The van der Waals surface area contributed by atoms with Crippen molar-refractivity contribution in [3.63, 3.8) is 0 Å².